The second-order valence-corrected chi connectivity index (χ2v) is 6.37. The summed E-state index contributed by atoms with van der Waals surface area (Å²) in [6.07, 6.45) is 0.291. The summed E-state index contributed by atoms with van der Waals surface area (Å²) in [6.45, 7) is 1.46. The first kappa shape index (κ1) is 19.2. The number of carbonyl (C=O) groups excluding carboxylic acids is 1. The van der Waals surface area contributed by atoms with Crippen molar-refractivity contribution in [2.45, 2.75) is 13.3 Å². The third kappa shape index (κ3) is 3.91. The highest BCUT2D eigenvalue weighted by Gasteiger charge is 2.18. The molecule has 0 spiro atoms. The summed E-state index contributed by atoms with van der Waals surface area (Å²) in [4.78, 5) is 22.3. The summed E-state index contributed by atoms with van der Waals surface area (Å²) in [5.41, 5.74) is 2.66. The van der Waals surface area contributed by atoms with Gasteiger partial charge in [0.05, 0.1) is 17.6 Å². The van der Waals surface area contributed by atoms with Crippen LogP contribution in [-0.2, 0) is 6.42 Å². The van der Waals surface area contributed by atoms with Gasteiger partial charge in [0.1, 0.15) is 11.6 Å². The number of carbonyl (C=O) groups is 1. The van der Waals surface area contributed by atoms with Crippen LogP contribution in [0.1, 0.15) is 28.4 Å². The second kappa shape index (κ2) is 8.00. The van der Waals surface area contributed by atoms with Gasteiger partial charge in [-0.15, -0.1) is 0 Å². The van der Waals surface area contributed by atoms with Crippen molar-refractivity contribution in [3.63, 3.8) is 0 Å². The Labute approximate surface area is 161 Å². The first-order valence-corrected chi connectivity index (χ1v) is 8.62. The van der Waals surface area contributed by atoms with Crippen LogP contribution in [0.25, 0.3) is 11.1 Å². The van der Waals surface area contributed by atoms with Crippen LogP contribution in [0.5, 0.6) is 5.75 Å². The molecular weight excluding hydrogens is 361 g/mol. The largest absolute Gasteiger partial charge is 0.496 e. The third-order valence-corrected chi connectivity index (χ3v) is 4.51. The first-order valence-electron chi connectivity index (χ1n) is 8.62. The Hall–Kier alpha value is -3.54. The maximum absolute atomic E-state index is 15.4. The minimum absolute atomic E-state index is 0.0979. The van der Waals surface area contributed by atoms with Crippen LogP contribution >= 0.6 is 0 Å². The van der Waals surface area contributed by atoms with Gasteiger partial charge in [0.25, 0.3) is 4.92 Å². The molecule has 0 aliphatic rings. The average Bonchev–Trinajstić information content (AvgIpc) is 2.69. The molecule has 142 valence electrons. The Balaban J connectivity index is 2.03. The molecule has 5 nitrogen and oxygen atoms in total. The molecule has 3 rings (SSSR count). The highest BCUT2D eigenvalue weighted by molar-refractivity contribution is 5.95. The van der Waals surface area contributed by atoms with Crippen molar-refractivity contribution < 1.29 is 24.1 Å². The van der Waals surface area contributed by atoms with E-state index in [0.717, 1.165) is 5.56 Å². The second-order valence-electron chi connectivity index (χ2n) is 6.37. The number of hydrogen-bond donors (Lipinski definition) is 1. The number of hydrogen-bond acceptors (Lipinski definition) is 3. The monoisotopic (exact) mass is 380 g/mol. The Bertz CT molecular complexity index is 1040. The molecule has 1 N–H and O–H groups in total. The lowest BCUT2D eigenvalue weighted by Crippen LogP contribution is -2.00. The molecule has 0 radical (unpaired) electrons. The fraction of sp³-hybridized carbons (Fsp3) is 0.136. The molecule has 0 unspecified atom stereocenters. The van der Waals surface area contributed by atoms with Gasteiger partial charge in [-0.2, -0.15) is 0 Å². The van der Waals surface area contributed by atoms with E-state index in [0.29, 0.717) is 34.4 Å². The Morgan fingerprint density at radius 2 is 1.82 bits per heavy atom. The number of halogens is 1. The molecule has 3 aromatic rings. The third-order valence-electron chi connectivity index (χ3n) is 4.51. The maximum Gasteiger partial charge on any atom is 0.316 e. The molecule has 28 heavy (non-hydrogen) atoms. The predicted octanol–water partition coefficient (Wildman–Crippen LogP) is 5.09. The number of nitrogens with zero attached hydrogens (tertiary/aromatic N) is 1. The van der Waals surface area contributed by atoms with E-state index < -0.39 is 5.82 Å². The van der Waals surface area contributed by atoms with E-state index >= 15 is 4.39 Å². The molecule has 0 aliphatic heterocycles. The zero-order chi connectivity index (χ0) is 20.3. The summed E-state index contributed by atoms with van der Waals surface area (Å²) in [7, 11) is 1.47. The number of benzene rings is 3. The van der Waals surface area contributed by atoms with Crippen LogP contribution in [0.3, 0.4) is 0 Å². The molecule has 0 bridgehead atoms. The zero-order valence-electron chi connectivity index (χ0n) is 15.5. The number of Topliss-reactive ketones (excluding diaryl/α,β-unsaturated/α-hetero) is 1. The summed E-state index contributed by atoms with van der Waals surface area (Å²) < 4.78 is 20.7. The van der Waals surface area contributed by atoms with Crippen molar-refractivity contribution in [2.24, 2.45) is 0 Å². The van der Waals surface area contributed by atoms with E-state index in [1.807, 2.05) is 0 Å². The van der Waals surface area contributed by atoms with Gasteiger partial charge >= 0.3 is 5.69 Å². The average molecular weight is 380 g/mol. The quantitative estimate of drug-likeness (QED) is 0.478. The van der Waals surface area contributed by atoms with Crippen molar-refractivity contribution in [3.8, 4) is 16.9 Å². The number of ketones is 1. The SMILES string of the molecule is COc1ccc(Cc2ccc([N+](=O)O)cc2)c(F)c1-c1cccc(C(C)=O)c1. The zero-order valence-corrected chi connectivity index (χ0v) is 15.5. The van der Waals surface area contributed by atoms with Gasteiger partial charge < -0.3 is 4.74 Å². The predicted molar refractivity (Wildman–Crippen MR) is 103 cm³/mol. The summed E-state index contributed by atoms with van der Waals surface area (Å²) in [5.74, 6) is -0.162. The number of methoxy groups -OCH3 is 1. The van der Waals surface area contributed by atoms with Crippen LogP contribution in [0, 0.1) is 10.7 Å². The smallest absolute Gasteiger partial charge is 0.316 e. The van der Waals surface area contributed by atoms with Crippen LogP contribution < -0.4 is 4.74 Å². The summed E-state index contributed by atoms with van der Waals surface area (Å²) in [5, 5.41) is 8.91. The van der Waals surface area contributed by atoms with Gasteiger partial charge in [-0.3, -0.25) is 4.79 Å². The van der Waals surface area contributed by atoms with E-state index in [2.05, 4.69) is 0 Å². The van der Waals surface area contributed by atoms with E-state index in [1.165, 1.54) is 26.2 Å². The van der Waals surface area contributed by atoms with Crippen LogP contribution in [0.15, 0.2) is 60.7 Å². The van der Waals surface area contributed by atoms with E-state index in [4.69, 9.17) is 9.94 Å². The standard InChI is InChI=1S/C22H19FNO4/c1-14(25)16-4-3-5-17(13-16)21-20(28-2)11-8-18(22(21)23)12-15-6-9-19(10-7-15)24(26)27/h3-11,13H,12H2,1-2H3,(H,26,27)/q+1. The Morgan fingerprint density at radius 1 is 1.11 bits per heavy atom. The molecule has 0 saturated heterocycles. The Morgan fingerprint density at radius 3 is 2.43 bits per heavy atom. The van der Waals surface area contributed by atoms with Gasteiger partial charge in [0.2, 0.25) is 0 Å². The van der Waals surface area contributed by atoms with Crippen LogP contribution in [0.2, 0.25) is 0 Å². The highest BCUT2D eigenvalue weighted by Crippen LogP contribution is 2.35. The molecule has 0 fully saturated rings. The number of ether oxygens (including phenoxy) is 1. The van der Waals surface area contributed by atoms with Crippen molar-refractivity contribution in [2.75, 3.05) is 7.11 Å². The maximum atomic E-state index is 15.4. The van der Waals surface area contributed by atoms with Crippen molar-refractivity contribution in [3.05, 3.63) is 88.1 Å². The fourth-order valence-corrected chi connectivity index (χ4v) is 3.03. The molecular formula is C22H19FNO4+. The van der Waals surface area contributed by atoms with Gasteiger partial charge in [-0.05, 0) is 35.7 Å². The molecule has 3 aromatic carbocycles. The lowest BCUT2D eigenvalue weighted by Gasteiger charge is -2.14. The topological polar surface area (TPSA) is 66.6 Å². The van der Waals surface area contributed by atoms with Crippen molar-refractivity contribution in [1.29, 1.82) is 0 Å². The molecule has 0 aliphatic carbocycles. The molecule has 6 heteroatoms. The van der Waals surface area contributed by atoms with Crippen molar-refractivity contribution in [1.82, 2.24) is 0 Å². The lowest BCUT2D eigenvalue weighted by atomic mass is 9.95. The van der Waals surface area contributed by atoms with Crippen molar-refractivity contribution >= 4 is 11.5 Å². The highest BCUT2D eigenvalue weighted by atomic mass is 19.1. The molecule has 0 aromatic heterocycles. The Kier molecular flexibility index (Phi) is 5.49. The number of rotatable bonds is 6. The fourth-order valence-electron chi connectivity index (χ4n) is 3.03. The molecule has 0 heterocycles. The van der Waals surface area contributed by atoms with Crippen LogP contribution in [0.4, 0.5) is 10.1 Å². The molecule has 0 amide bonds. The summed E-state index contributed by atoms with van der Waals surface area (Å²) >= 11 is 0. The van der Waals surface area contributed by atoms with Gasteiger partial charge in [0.15, 0.2) is 5.78 Å². The van der Waals surface area contributed by atoms with Crippen LogP contribution in [-0.4, -0.2) is 23.0 Å². The lowest BCUT2D eigenvalue weighted by molar-refractivity contribution is -0.729. The van der Waals surface area contributed by atoms with E-state index in [9.17, 15) is 9.70 Å². The molecule has 0 saturated carbocycles. The minimum Gasteiger partial charge on any atom is -0.496 e. The minimum atomic E-state index is -0.434. The molecule has 0 atom stereocenters. The van der Waals surface area contributed by atoms with Gasteiger partial charge in [0, 0.05) is 24.1 Å². The van der Waals surface area contributed by atoms with E-state index in [1.54, 1.807) is 48.5 Å². The van der Waals surface area contributed by atoms with E-state index in [-0.39, 0.29) is 16.4 Å². The van der Waals surface area contributed by atoms with Gasteiger partial charge in [-0.25, -0.2) is 9.60 Å². The van der Waals surface area contributed by atoms with Gasteiger partial charge in [-0.1, -0.05) is 36.4 Å². The first-order chi connectivity index (χ1) is 13.4. The normalized spacial score (nSPS) is 10.5. The summed E-state index contributed by atoms with van der Waals surface area (Å²) in [6, 6.07) is 16.3.